The zero-order valence-electron chi connectivity index (χ0n) is 12.9. The lowest BCUT2D eigenvalue weighted by molar-refractivity contribution is 0.481. The van der Waals surface area contributed by atoms with E-state index in [-0.39, 0.29) is 24.0 Å². The van der Waals surface area contributed by atoms with Gasteiger partial charge in [-0.15, -0.1) is 35.3 Å². The zero-order chi connectivity index (χ0) is 14.8. The second-order valence-electron chi connectivity index (χ2n) is 4.50. The van der Waals surface area contributed by atoms with Crippen molar-refractivity contribution in [3.05, 3.63) is 20.8 Å². The normalized spacial score (nSPS) is 11.1. The fourth-order valence-electron chi connectivity index (χ4n) is 1.76. The maximum absolute atomic E-state index is 4.70. The minimum Gasteiger partial charge on any atom is -0.357 e. The molecule has 0 saturated heterocycles. The molecule has 0 atom stereocenters. The van der Waals surface area contributed by atoms with E-state index in [2.05, 4.69) is 58.5 Å². The Labute approximate surface area is 162 Å². The van der Waals surface area contributed by atoms with Crippen LogP contribution in [0.3, 0.4) is 0 Å². The molecule has 1 aromatic heterocycles. The number of hydrogen-bond acceptors (Lipinski definition) is 3. The quantitative estimate of drug-likeness (QED) is 0.241. The van der Waals surface area contributed by atoms with Crippen molar-refractivity contribution in [3.63, 3.8) is 0 Å². The van der Waals surface area contributed by atoms with Crippen LogP contribution in [0.1, 0.15) is 24.6 Å². The highest BCUT2D eigenvalue weighted by Gasteiger charge is 2.07. The maximum Gasteiger partial charge on any atom is 0.193 e. The first-order valence-electron chi connectivity index (χ1n) is 6.90. The fourth-order valence-corrected chi connectivity index (χ4v) is 3.79. The Kier molecular flexibility index (Phi) is 13.3. The molecule has 21 heavy (non-hydrogen) atoms. The van der Waals surface area contributed by atoms with Crippen molar-refractivity contribution in [1.82, 2.24) is 10.2 Å². The molecule has 0 amide bonds. The van der Waals surface area contributed by atoms with E-state index in [1.165, 1.54) is 20.8 Å². The van der Waals surface area contributed by atoms with Crippen LogP contribution in [0.15, 0.2) is 20.9 Å². The average Bonchev–Trinajstić information content (AvgIpc) is 2.82. The van der Waals surface area contributed by atoms with Gasteiger partial charge in [-0.2, -0.15) is 11.8 Å². The van der Waals surface area contributed by atoms with E-state index in [1.54, 1.807) is 11.3 Å². The summed E-state index contributed by atoms with van der Waals surface area (Å²) in [5.74, 6) is 2.23. The molecular weight excluding hydrogens is 481 g/mol. The van der Waals surface area contributed by atoms with Gasteiger partial charge in [0.1, 0.15) is 0 Å². The van der Waals surface area contributed by atoms with E-state index in [0.29, 0.717) is 0 Å². The SMILES string of the molecule is CCNC(=NCCCCSC)N(C)Cc1ccc(Br)s1.I. The molecule has 3 nitrogen and oxygen atoms in total. The number of rotatable bonds is 8. The minimum absolute atomic E-state index is 0. The number of thioether (sulfide) groups is 1. The van der Waals surface area contributed by atoms with Gasteiger partial charge >= 0.3 is 0 Å². The van der Waals surface area contributed by atoms with Crippen LogP contribution < -0.4 is 5.32 Å². The van der Waals surface area contributed by atoms with Crippen LogP contribution in [0.5, 0.6) is 0 Å². The monoisotopic (exact) mass is 505 g/mol. The van der Waals surface area contributed by atoms with Crippen LogP contribution in [0, 0.1) is 0 Å². The Morgan fingerprint density at radius 3 is 2.76 bits per heavy atom. The van der Waals surface area contributed by atoms with Crippen molar-refractivity contribution in [2.75, 3.05) is 32.1 Å². The highest BCUT2D eigenvalue weighted by Crippen LogP contribution is 2.22. The predicted molar refractivity (Wildman–Crippen MR) is 112 cm³/mol. The molecule has 0 aliphatic rings. The highest BCUT2D eigenvalue weighted by atomic mass is 127. The molecule has 0 unspecified atom stereocenters. The second-order valence-corrected chi connectivity index (χ2v) is 8.03. The van der Waals surface area contributed by atoms with Crippen molar-refractivity contribution in [2.45, 2.75) is 26.3 Å². The first-order valence-corrected chi connectivity index (χ1v) is 9.90. The largest absolute Gasteiger partial charge is 0.357 e. The summed E-state index contributed by atoms with van der Waals surface area (Å²) in [4.78, 5) is 8.23. The molecule has 1 N–H and O–H groups in total. The lowest BCUT2D eigenvalue weighted by atomic mass is 10.3. The molecule has 7 heteroatoms. The Balaban J connectivity index is 0.00000400. The number of unbranched alkanes of at least 4 members (excludes halogenated alkanes) is 1. The fraction of sp³-hybridized carbons (Fsp3) is 0.643. The molecule has 0 radical (unpaired) electrons. The number of nitrogens with zero attached hydrogens (tertiary/aromatic N) is 2. The smallest absolute Gasteiger partial charge is 0.193 e. The molecule has 0 aromatic carbocycles. The second kappa shape index (κ2) is 13.0. The molecule has 1 rings (SSSR count). The summed E-state index contributed by atoms with van der Waals surface area (Å²) in [5, 5.41) is 3.36. The predicted octanol–water partition coefficient (Wildman–Crippen LogP) is 4.67. The van der Waals surface area contributed by atoms with E-state index in [9.17, 15) is 0 Å². The number of nitrogens with one attached hydrogen (secondary N) is 1. The number of thiophene rings is 1. The van der Waals surface area contributed by atoms with E-state index in [0.717, 1.165) is 32.0 Å². The number of halogens is 2. The lowest BCUT2D eigenvalue weighted by Crippen LogP contribution is -2.38. The molecule has 0 aliphatic heterocycles. The molecular formula is C14H25BrIN3S2. The third-order valence-corrected chi connectivity index (χ3v) is 5.04. The first-order chi connectivity index (χ1) is 9.67. The van der Waals surface area contributed by atoms with Gasteiger partial charge in [-0.1, -0.05) is 0 Å². The van der Waals surface area contributed by atoms with Crippen LogP contribution in [0.25, 0.3) is 0 Å². The van der Waals surface area contributed by atoms with Gasteiger partial charge in [0.05, 0.1) is 10.3 Å². The number of hydrogen-bond donors (Lipinski definition) is 1. The van der Waals surface area contributed by atoms with Crippen LogP contribution in [0.2, 0.25) is 0 Å². The lowest BCUT2D eigenvalue weighted by Gasteiger charge is -2.21. The Hall–Kier alpha value is 0.530. The average molecular weight is 506 g/mol. The summed E-state index contributed by atoms with van der Waals surface area (Å²) < 4.78 is 1.18. The Bertz CT molecular complexity index is 413. The van der Waals surface area contributed by atoms with Gasteiger partial charge in [-0.3, -0.25) is 4.99 Å². The van der Waals surface area contributed by atoms with Gasteiger partial charge in [-0.05, 0) is 59.8 Å². The van der Waals surface area contributed by atoms with Crippen LogP contribution in [-0.2, 0) is 6.54 Å². The zero-order valence-corrected chi connectivity index (χ0v) is 18.4. The minimum atomic E-state index is 0. The first kappa shape index (κ1) is 21.5. The summed E-state index contributed by atoms with van der Waals surface area (Å²) in [6.07, 6.45) is 4.56. The molecule has 1 aromatic rings. The standard InChI is InChI=1S/C14H24BrN3S2.HI/c1-4-16-14(17-9-5-6-10-19-3)18(2)11-12-7-8-13(15)20-12;/h7-8H,4-6,9-11H2,1-3H3,(H,16,17);1H. The topological polar surface area (TPSA) is 27.6 Å². The highest BCUT2D eigenvalue weighted by molar-refractivity contribution is 14.0. The Morgan fingerprint density at radius 2 is 2.19 bits per heavy atom. The molecule has 0 aliphatic carbocycles. The van der Waals surface area contributed by atoms with Gasteiger partial charge < -0.3 is 10.2 Å². The third-order valence-electron chi connectivity index (χ3n) is 2.74. The molecule has 0 saturated carbocycles. The summed E-state index contributed by atoms with van der Waals surface area (Å²) >= 11 is 7.19. The molecule has 0 bridgehead atoms. The number of guanidine groups is 1. The molecule has 0 spiro atoms. The van der Waals surface area contributed by atoms with Crippen LogP contribution >= 0.6 is 63.0 Å². The van der Waals surface area contributed by atoms with Crippen LogP contribution in [0.4, 0.5) is 0 Å². The van der Waals surface area contributed by atoms with Crippen molar-refractivity contribution in [2.24, 2.45) is 4.99 Å². The maximum atomic E-state index is 4.70. The van der Waals surface area contributed by atoms with Gasteiger partial charge in [0.15, 0.2) is 5.96 Å². The van der Waals surface area contributed by atoms with Crippen molar-refractivity contribution in [3.8, 4) is 0 Å². The van der Waals surface area contributed by atoms with Crippen molar-refractivity contribution < 1.29 is 0 Å². The van der Waals surface area contributed by atoms with Gasteiger partial charge in [0.25, 0.3) is 0 Å². The summed E-state index contributed by atoms with van der Waals surface area (Å²) in [6, 6.07) is 4.26. The van der Waals surface area contributed by atoms with Crippen LogP contribution in [-0.4, -0.2) is 43.0 Å². The summed E-state index contributed by atoms with van der Waals surface area (Å²) in [7, 11) is 2.09. The van der Waals surface area contributed by atoms with E-state index in [1.807, 2.05) is 11.8 Å². The molecule has 0 fully saturated rings. The van der Waals surface area contributed by atoms with Crippen molar-refractivity contribution in [1.29, 1.82) is 0 Å². The van der Waals surface area contributed by atoms with E-state index in [4.69, 9.17) is 4.99 Å². The summed E-state index contributed by atoms with van der Waals surface area (Å²) in [5.41, 5.74) is 0. The summed E-state index contributed by atoms with van der Waals surface area (Å²) in [6.45, 7) is 4.81. The van der Waals surface area contributed by atoms with Gasteiger partial charge in [-0.25, -0.2) is 0 Å². The van der Waals surface area contributed by atoms with Crippen molar-refractivity contribution >= 4 is 69.0 Å². The number of aliphatic imine (C=N–C) groups is 1. The molecule has 1 heterocycles. The van der Waals surface area contributed by atoms with Gasteiger partial charge in [0.2, 0.25) is 0 Å². The molecule has 122 valence electrons. The van der Waals surface area contributed by atoms with E-state index < -0.39 is 0 Å². The van der Waals surface area contributed by atoms with E-state index >= 15 is 0 Å². The Morgan fingerprint density at radius 1 is 1.43 bits per heavy atom. The third kappa shape index (κ3) is 9.30. The van der Waals surface area contributed by atoms with Gasteiger partial charge in [0, 0.05) is 25.0 Å².